The molecule has 0 spiro atoms. The molecule has 0 saturated heterocycles. The van der Waals surface area contributed by atoms with Crippen molar-refractivity contribution in [2.75, 3.05) is 19.6 Å². The molecule has 0 aliphatic heterocycles. The minimum atomic E-state index is -3.43. The van der Waals surface area contributed by atoms with E-state index in [1.807, 2.05) is 19.1 Å². The lowest BCUT2D eigenvalue weighted by Gasteiger charge is -2.20. The molecule has 118 valence electrons. The Balaban J connectivity index is 2.85. The number of nitrogens with zero attached hydrogens (tertiary/aromatic N) is 1. The van der Waals surface area contributed by atoms with Gasteiger partial charge in [-0.15, -0.1) is 6.58 Å². The molecule has 0 amide bonds. The monoisotopic (exact) mass is 310 g/mol. The van der Waals surface area contributed by atoms with Gasteiger partial charge in [0.2, 0.25) is 10.0 Å². The molecule has 21 heavy (non-hydrogen) atoms. The highest BCUT2D eigenvalue weighted by Crippen LogP contribution is 2.17. The van der Waals surface area contributed by atoms with Crippen LogP contribution >= 0.6 is 0 Å². The van der Waals surface area contributed by atoms with E-state index in [4.69, 9.17) is 0 Å². The van der Waals surface area contributed by atoms with Crippen LogP contribution in [0.1, 0.15) is 32.3 Å². The minimum absolute atomic E-state index is 0.343. The van der Waals surface area contributed by atoms with E-state index in [0.29, 0.717) is 18.0 Å². The second-order valence-corrected chi connectivity index (χ2v) is 6.91. The van der Waals surface area contributed by atoms with Crippen molar-refractivity contribution in [2.24, 2.45) is 0 Å². The highest BCUT2D eigenvalue weighted by Gasteiger charge is 2.22. The molecule has 0 aliphatic carbocycles. The number of sulfonamides is 1. The van der Waals surface area contributed by atoms with Gasteiger partial charge in [-0.2, -0.15) is 4.31 Å². The fraction of sp³-hybridized carbons (Fsp3) is 0.500. The van der Waals surface area contributed by atoms with Gasteiger partial charge in [-0.25, -0.2) is 8.42 Å². The Hall–Kier alpha value is -1.17. The third kappa shape index (κ3) is 5.26. The van der Waals surface area contributed by atoms with Crippen LogP contribution in [0.4, 0.5) is 0 Å². The third-order valence-electron chi connectivity index (χ3n) is 3.12. The highest BCUT2D eigenvalue weighted by atomic mass is 32.2. The van der Waals surface area contributed by atoms with Crippen LogP contribution < -0.4 is 5.32 Å². The summed E-state index contributed by atoms with van der Waals surface area (Å²) in [6, 6.07) is 7.11. The van der Waals surface area contributed by atoms with E-state index in [-0.39, 0.29) is 0 Å². The Labute approximate surface area is 128 Å². The standard InChI is InChI=1S/C16H26N2O2S/c1-4-11-17-14-15-7-9-16(10-8-15)21(19,20)18(12-5-2)13-6-3/h5,7-10,17H,2,4,6,11-14H2,1,3H3. The molecule has 5 heteroatoms. The van der Waals surface area contributed by atoms with Crippen LogP contribution in [-0.2, 0) is 16.6 Å². The summed E-state index contributed by atoms with van der Waals surface area (Å²) >= 11 is 0. The summed E-state index contributed by atoms with van der Waals surface area (Å²) in [6.07, 6.45) is 3.49. The maximum absolute atomic E-state index is 12.5. The van der Waals surface area contributed by atoms with Gasteiger partial charge in [-0.05, 0) is 37.1 Å². The first-order valence-electron chi connectivity index (χ1n) is 7.47. The average Bonchev–Trinajstić information content (AvgIpc) is 2.48. The molecule has 0 atom stereocenters. The summed E-state index contributed by atoms with van der Waals surface area (Å²) in [5.41, 5.74) is 1.09. The molecule has 1 aromatic rings. The number of nitrogens with one attached hydrogen (secondary N) is 1. The number of benzene rings is 1. The second kappa shape index (κ2) is 8.97. The van der Waals surface area contributed by atoms with Gasteiger partial charge in [-0.1, -0.05) is 32.1 Å². The minimum Gasteiger partial charge on any atom is -0.313 e. The first kappa shape index (κ1) is 17.9. The maximum Gasteiger partial charge on any atom is 0.243 e. The van der Waals surface area contributed by atoms with Crippen molar-refractivity contribution in [1.29, 1.82) is 0 Å². The third-order valence-corrected chi connectivity index (χ3v) is 5.00. The summed E-state index contributed by atoms with van der Waals surface area (Å²) in [4.78, 5) is 0.344. The number of rotatable bonds is 10. The smallest absolute Gasteiger partial charge is 0.243 e. The molecule has 1 rings (SSSR count). The van der Waals surface area contributed by atoms with E-state index in [9.17, 15) is 8.42 Å². The molecule has 0 radical (unpaired) electrons. The van der Waals surface area contributed by atoms with Gasteiger partial charge < -0.3 is 5.32 Å². The largest absolute Gasteiger partial charge is 0.313 e. The van der Waals surface area contributed by atoms with Gasteiger partial charge >= 0.3 is 0 Å². The Bertz CT molecular complexity index is 524. The molecule has 0 saturated carbocycles. The lowest BCUT2D eigenvalue weighted by atomic mass is 10.2. The molecular weight excluding hydrogens is 284 g/mol. The molecule has 4 nitrogen and oxygen atoms in total. The van der Waals surface area contributed by atoms with Crippen LogP contribution in [0.15, 0.2) is 41.8 Å². The Morgan fingerprint density at radius 1 is 1.19 bits per heavy atom. The zero-order valence-corrected chi connectivity index (χ0v) is 13.8. The first-order chi connectivity index (χ1) is 10.1. The first-order valence-corrected chi connectivity index (χ1v) is 8.91. The molecule has 0 aromatic heterocycles. The van der Waals surface area contributed by atoms with Crippen molar-refractivity contribution < 1.29 is 8.42 Å². The Morgan fingerprint density at radius 2 is 1.86 bits per heavy atom. The van der Waals surface area contributed by atoms with E-state index in [1.54, 1.807) is 18.2 Å². The number of hydrogen-bond donors (Lipinski definition) is 1. The average molecular weight is 310 g/mol. The van der Waals surface area contributed by atoms with Crippen molar-refractivity contribution in [2.45, 2.75) is 38.1 Å². The van der Waals surface area contributed by atoms with E-state index in [2.05, 4.69) is 18.8 Å². The molecule has 0 fully saturated rings. The molecule has 1 N–H and O–H groups in total. The molecule has 0 bridgehead atoms. The van der Waals surface area contributed by atoms with E-state index in [0.717, 1.165) is 31.5 Å². The molecule has 1 aromatic carbocycles. The lowest BCUT2D eigenvalue weighted by Crippen LogP contribution is -2.32. The quantitative estimate of drug-likeness (QED) is 0.534. The van der Waals surface area contributed by atoms with E-state index < -0.39 is 10.0 Å². The summed E-state index contributed by atoms with van der Waals surface area (Å²) in [5, 5.41) is 3.30. The summed E-state index contributed by atoms with van der Waals surface area (Å²) in [6.45, 7) is 10.3. The van der Waals surface area contributed by atoms with Gasteiger partial charge in [0.05, 0.1) is 4.90 Å². The number of hydrogen-bond acceptors (Lipinski definition) is 3. The normalized spacial score (nSPS) is 11.8. The lowest BCUT2D eigenvalue weighted by molar-refractivity contribution is 0.441. The van der Waals surface area contributed by atoms with E-state index in [1.165, 1.54) is 4.31 Å². The van der Waals surface area contributed by atoms with Crippen molar-refractivity contribution in [3.8, 4) is 0 Å². The van der Waals surface area contributed by atoms with E-state index >= 15 is 0 Å². The van der Waals surface area contributed by atoms with Crippen LogP contribution in [0.3, 0.4) is 0 Å². The molecule has 0 aliphatic rings. The molecular formula is C16H26N2O2S. The van der Waals surface area contributed by atoms with Crippen molar-refractivity contribution in [3.05, 3.63) is 42.5 Å². The van der Waals surface area contributed by atoms with Crippen LogP contribution in [-0.4, -0.2) is 32.4 Å². The zero-order chi connectivity index (χ0) is 15.7. The van der Waals surface area contributed by atoms with Crippen molar-refractivity contribution in [3.63, 3.8) is 0 Å². The highest BCUT2D eigenvalue weighted by molar-refractivity contribution is 7.89. The topological polar surface area (TPSA) is 49.4 Å². The zero-order valence-electron chi connectivity index (χ0n) is 13.0. The Kier molecular flexibility index (Phi) is 7.64. The summed E-state index contributed by atoms with van der Waals surface area (Å²) < 4.78 is 26.6. The van der Waals surface area contributed by atoms with Crippen molar-refractivity contribution >= 4 is 10.0 Å². The maximum atomic E-state index is 12.5. The SMILES string of the molecule is C=CCN(CCC)S(=O)(=O)c1ccc(CNCCC)cc1. The molecule has 0 heterocycles. The van der Waals surface area contributed by atoms with Crippen LogP contribution in [0, 0.1) is 0 Å². The predicted molar refractivity (Wildman–Crippen MR) is 87.7 cm³/mol. The van der Waals surface area contributed by atoms with Gasteiger partial charge in [0.25, 0.3) is 0 Å². The van der Waals surface area contributed by atoms with Crippen LogP contribution in [0.2, 0.25) is 0 Å². The predicted octanol–water partition coefficient (Wildman–Crippen LogP) is 2.77. The van der Waals surface area contributed by atoms with Gasteiger partial charge in [0.15, 0.2) is 0 Å². The van der Waals surface area contributed by atoms with Gasteiger partial charge in [0, 0.05) is 19.6 Å². The van der Waals surface area contributed by atoms with Crippen LogP contribution in [0.25, 0.3) is 0 Å². The fourth-order valence-corrected chi connectivity index (χ4v) is 3.54. The van der Waals surface area contributed by atoms with Gasteiger partial charge in [0.1, 0.15) is 0 Å². The van der Waals surface area contributed by atoms with Crippen LogP contribution in [0.5, 0.6) is 0 Å². The molecule has 0 unspecified atom stereocenters. The second-order valence-electron chi connectivity index (χ2n) is 4.97. The van der Waals surface area contributed by atoms with Crippen molar-refractivity contribution in [1.82, 2.24) is 9.62 Å². The van der Waals surface area contributed by atoms with Gasteiger partial charge in [-0.3, -0.25) is 0 Å². The summed E-state index contributed by atoms with van der Waals surface area (Å²) in [5.74, 6) is 0. The Morgan fingerprint density at radius 3 is 2.38 bits per heavy atom. The summed E-state index contributed by atoms with van der Waals surface area (Å²) in [7, 11) is -3.43. The fourth-order valence-electron chi connectivity index (χ4n) is 2.04.